The van der Waals surface area contributed by atoms with Gasteiger partial charge in [-0.15, -0.1) is 0 Å². The Morgan fingerprint density at radius 1 is 1.82 bits per heavy atom. The second-order valence-corrected chi connectivity index (χ2v) is 1.61. The van der Waals surface area contributed by atoms with Crippen molar-refractivity contribution in [1.29, 1.82) is 5.26 Å². The van der Waals surface area contributed by atoms with Crippen molar-refractivity contribution >= 4 is 41.9 Å². The molecule has 0 fully saturated rings. The molecule has 1 radical (unpaired) electrons. The van der Waals surface area contributed by atoms with Crippen LogP contribution >= 0.6 is 0 Å². The van der Waals surface area contributed by atoms with E-state index >= 15 is 0 Å². The first-order chi connectivity index (χ1) is 4.72. The van der Waals surface area contributed by atoms with Crippen LogP contribution in [0.15, 0.2) is 0 Å². The molecule has 0 saturated heterocycles. The molecule has 0 spiro atoms. The van der Waals surface area contributed by atoms with Crippen LogP contribution in [0.1, 0.15) is 0 Å². The molecule has 55 valence electrons. The third-order valence-electron chi connectivity index (χ3n) is 0.905. The summed E-state index contributed by atoms with van der Waals surface area (Å²) in [6.45, 7) is -0.0185. The normalized spacial score (nSPS) is 10.1. The van der Waals surface area contributed by atoms with E-state index in [1.165, 1.54) is 0 Å². The average Bonchev–Trinajstić information content (AvgIpc) is 1.89. The molecule has 5 nitrogen and oxygen atoms in total. The van der Waals surface area contributed by atoms with Crippen molar-refractivity contribution < 1.29 is 9.59 Å². The Morgan fingerprint density at radius 2 is 2.36 bits per heavy atom. The van der Waals surface area contributed by atoms with Gasteiger partial charge in [0.05, 0.1) is 6.07 Å². The Kier molecular flexibility index (Phi) is 8.94. The third-order valence-corrected chi connectivity index (χ3v) is 0.905. The quantitative estimate of drug-likeness (QED) is 0.370. The number of nitriles is 1. The SMILES string of the molecule is N#CC(CNC=O)C(N)=O.[Na]. The number of nitrogens with zero attached hydrogens (tertiary/aromatic N) is 1. The zero-order valence-corrected chi connectivity index (χ0v) is 8.20. The summed E-state index contributed by atoms with van der Waals surface area (Å²) in [4.78, 5) is 20.0. The molecule has 0 rings (SSSR count). The third kappa shape index (κ3) is 5.85. The van der Waals surface area contributed by atoms with E-state index in [0.717, 1.165) is 0 Å². The Hall–Kier alpha value is -0.570. The minimum Gasteiger partial charge on any atom is -0.368 e. The molecule has 0 bridgehead atoms. The molecule has 0 aliphatic rings. The Morgan fingerprint density at radius 3 is 2.64 bits per heavy atom. The van der Waals surface area contributed by atoms with Crippen LogP contribution in [-0.2, 0) is 9.59 Å². The fourth-order valence-corrected chi connectivity index (χ4v) is 0.376. The van der Waals surface area contributed by atoms with E-state index < -0.39 is 11.8 Å². The Labute approximate surface area is 86.2 Å². The van der Waals surface area contributed by atoms with Crippen molar-refractivity contribution in [2.24, 2.45) is 11.7 Å². The van der Waals surface area contributed by atoms with Crippen molar-refractivity contribution in [3.63, 3.8) is 0 Å². The minimum atomic E-state index is -0.926. The summed E-state index contributed by atoms with van der Waals surface area (Å²) < 4.78 is 0. The summed E-state index contributed by atoms with van der Waals surface area (Å²) in [5.41, 5.74) is 4.77. The standard InChI is InChI=1S/C5H7N3O2.Na/c6-1-4(5(7)10)2-8-3-9;/h3-4H,2H2,(H2,7,10)(H,8,9);. The van der Waals surface area contributed by atoms with E-state index in [1.54, 1.807) is 6.07 Å². The van der Waals surface area contributed by atoms with Gasteiger partial charge in [0.15, 0.2) is 0 Å². The second-order valence-electron chi connectivity index (χ2n) is 1.61. The molecule has 0 aromatic heterocycles. The van der Waals surface area contributed by atoms with Crippen molar-refractivity contribution in [3.8, 4) is 6.07 Å². The number of nitrogens with two attached hydrogens (primary N) is 1. The maximum Gasteiger partial charge on any atom is 0.236 e. The van der Waals surface area contributed by atoms with Crippen molar-refractivity contribution in [2.45, 2.75) is 0 Å². The van der Waals surface area contributed by atoms with Crippen LogP contribution in [0.3, 0.4) is 0 Å². The molecule has 0 aromatic rings. The molecule has 0 saturated carbocycles. The molecule has 0 heterocycles. The molecule has 1 unspecified atom stereocenters. The first kappa shape index (κ1) is 13.1. The molecule has 1 atom stereocenters. The molecule has 0 aliphatic heterocycles. The van der Waals surface area contributed by atoms with Crippen LogP contribution in [0.25, 0.3) is 0 Å². The zero-order chi connectivity index (χ0) is 7.98. The Bertz CT molecular complexity index is 177. The van der Waals surface area contributed by atoms with E-state index in [4.69, 9.17) is 11.0 Å². The van der Waals surface area contributed by atoms with Crippen molar-refractivity contribution in [3.05, 3.63) is 0 Å². The second kappa shape index (κ2) is 7.54. The van der Waals surface area contributed by atoms with E-state index in [2.05, 4.69) is 5.32 Å². The maximum absolute atomic E-state index is 10.3. The van der Waals surface area contributed by atoms with Gasteiger partial charge >= 0.3 is 0 Å². The van der Waals surface area contributed by atoms with Gasteiger partial charge in [-0.2, -0.15) is 5.26 Å². The topological polar surface area (TPSA) is 96.0 Å². The van der Waals surface area contributed by atoms with Crippen LogP contribution in [0.5, 0.6) is 0 Å². The van der Waals surface area contributed by atoms with E-state index in [9.17, 15) is 9.59 Å². The van der Waals surface area contributed by atoms with Crippen LogP contribution in [0.4, 0.5) is 0 Å². The molecule has 6 heteroatoms. The van der Waals surface area contributed by atoms with Gasteiger partial charge in [0.2, 0.25) is 12.3 Å². The van der Waals surface area contributed by atoms with E-state index in [0.29, 0.717) is 6.41 Å². The van der Waals surface area contributed by atoms with E-state index in [-0.39, 0.29) is 36.1 Å². The van der Waals surface area contributed by atoms with Gasteiger partial charge in [-0.3, -0.25) is 9.59 Å². The number of carbonyl (C=O) groups excluding carboxylic acids is 2. The maximum atomic E-state index is 10.3. The summed E-state index contributed by atoms with van der Waals surface area (Å²) in [5.74, 6) is -1.65. The Balaban J connectivity index is 0. The molecular formula is C5H7N3NaO2. The van der Waals surface area contributed by atoms with Crippen molar-refractivity contribution in [1.82, 2.24) is 5.32 Å². The summed E-state index contributed by atoms with van der Waals surface area (Å²) in [5, 5.41) is 10.4. The van der Waals surface area contributed by atoms with Crippen LogP contribution < -0.4 is 11.1 Å². The fraction of sp³-hybridized carbons (Fsp3) is 0.400. The number of rotatable bonds is 4. The van der Waals surface area contributed by atoms with Gasteiger partial charge in [-0.1, -0.05) is 0 Å². The number of hydrogen-bond acceptors (Lipinski definition) is 3. The molecule has 0 aliphatic carbocycles. The molecule has 11 heavy (non-hydrogen) atoms. The summed E-state index contributed by atoms with van der Waals surface area (Å²) >= 11 is 0. The monoisotopic (exact) mass is 164 g/mol. The summed E-state index contributed by atoms with van der Waals surface area (Å²) in [6, 6.07) is 1.64. The number of hydrogen-bond donors (Lipinski definition) is 2. The molecule has 2 amide bonds. The number of nitrogens with one attached hydrogen (secondary N) is 1. The number of carbonyl (C=O) groups is 2. The largest absolute Gasteiger partial charge is 0.368 e. The van der Waals surface area contributed by atoms with Gasteiger partial charge in [-0.25, -0.2) is 0 Å². The molecular weight excluding hydrogens is 157 g/mol. The predicted octanol–water partition coefficient (Wildman–Crippen LogP) is -2.02. The van der Waals surface area contributed by atoms with Crippen LogP contribution in [-0.4, -0.2) is 48.4 Å². The van der Waals surface area contributed by atoms with Gasteiger partial charge in [-0.05, 0) is 0 Å². The van der Waals surface area contributed by atoms with Gasteiger partial charge < -0.3 is 11.1 Å². The summed E-state index contributed by atoms with van der Waals surface area (Å²) in [7, 11) is 0. The van der Waals surface area contributed by atoms with Crippen molar-refractivity contribution in [2.75, 3.05) is 6.54 Å². The predicted molar refractivity (Wildman–Crippen MR) is 38.1 cm³/mol. The number of amides is 2. The van der Waals surface area contributed by atoms with E-state index in [1.807, 2.05) is 0 Å². The van der Waals surface area contributed by atoms with Crippen LogP contribution in [0.2, 0.25) is 0 Å². The zero-order valence-electron chi connectivity index (χ0n) is 6.20. The van der Waals surface area contributed by atoms with Crippen LogP contribution in [0, 0.1) is 17.2 Å². The number of primary amides is 1. The molecule has 3 N–H and O–H groups in total. The smallest absolute Gasteiger partial charge is 0.236 e. The van der Waals surface area contributed by atoms with Gasteiger partial charge in [0.1, 0.15) is 5.92 Å². The first-order valence-corrected chi connectivity index (χ1v) is 2.58. The van der Waals surface area contributed by atoms with Gasteiger partial charge in [0.25, 0.3) is 0 Å². The van der Waals surface area contributed by atoms with Gasteiger partial charge in [0, 0.05) is 36.1 Å². The minimum absolute atomic E-state index is 0. The fourth-order valence-electron chi connectivity index (χ4n) is 0.376. The average molecular weight is 164 g/mol. The molecule has 0 aromatic carbocycles. The summed E-state index contributed by atoms with van der Waals surface area (Å²) in [6.07, 6.45) is 0.410. The first-order valence-electron chi connectivity index (χ1n) is 2.58.